The summed E-state index contributed by atoms with van der Waals surface area (Å²) in [6.45, 7) is 5.42. The van der Waals surface area contributed by atoms with Crippen molar-refractivity contribution in [3.8, 4) is 16.9 Å². The zero-order valence-electron chi connectivity index (χ0n) is 18.4. The molecule has 2 aromatic carbocycles. The van der Waals surface area contributed by atoms with Gasteiger partial charge >= 0.3 is 6.03 Å². The maximum Gasteiger partial charge on any atom is 0.326 e. The Hall–Kier alpha value is -2.83. The minimum Gasteiger partial charge on any atom is -0.492 e. The van der Waals surface area contributed by atoms with E-state index in [9.17, 15) is 9.59 Å². The van der Waals surface area contributed by atoms with Gasteiger partial charge in [0.15, 0.2) is 0 Å². The van der Waals surface area contributed by atoms with Crippen molar-refractivity contribution < 1.29 is 9.53 Å². The average molecular weight is 454 g/mol. The number of pyridine rings is 1. The number of benzene rings is 2. The minimum absolute atomic E-state index is 0.335. The van der Waals surface area contributed by atoms with Gasteiger partial charge in [0, 0.05) is 16.5 Å². The zero-order chi connectivity index (χ0) is 22.8. The highest BCUT2D eigenvalue weighted by Gasteiger charge is 2.23. The molecule has 1 saturated heterocycles. The summed E-state index contributed by atoms with van der Waals surface area (Å²) in [5, 5.41) is 4.55. The van der Waals surface area contributed by atoms with Gasteiger partial charge in [-0.3, -0.25) is 4.79 Å². The number of primary amides is 1. The smallest absolute Gasteiger partial charge is 0.326 e. The number of amides is 1. The van der Waals surface area contributed by atoms with E-state index >= 15 is 0 Å². The van der Waals surface area contributed by atoms with Crippen molar-refractivity contribution >= 4 is 28.5 Å². The van der Waals surface area contributed by atoms with Crippen LogP contribution < -0.4 is 21.3 Å². The molecule has 2 heterocycles. The molecule has 6 nitrogen and oxygen atoms in total. The van der Waals surface area contributed by atoms with Crippen molar-refractivity contribution in [2.45, 2.75) is 45.6 Å². The van der Waals surface area contributed by atoms with Crippen molar-refractivity contribution in [3.05, 3.63) is 62.9 Å². The number of carbonyl (C=O) groups is 1. The first-order chi connectivity index (χ1) is 15.3. The van der Waals surface area contributed by atoms with E-state index in [-0.39, 0.29) is 0 Å². The molecular weight excluding hydrogens is 426 g/mol. The van der Waals surface area contributed by atoms with Crippen LogP contribution in [-0.4, -0.2) is 29.8 Å². The van der Waals surface area contributed by atoms with E-state index in [2.05, 4.69) is 5.32 Å². The Morgan fingerprint density at radius 3 is 2.59 bits per heavy atom. The Labute approximate surface area is 192 Å². The second-order valence-electron chi connectivity index (χ2n) is 8.50. The molecule has 0 unspecified atom stereocenters. The number of nitrogens with two attached hydrogens (primary N) is 1. The van der Waals surface area contributed by atoms with Gasteiger partial charge < -0.3 is 15.8 Å². The second-order valence-corrected chi connectivity index (χ2v) is 8.94. The summed E-state index contributed by atoms with van der Waals surface area (Å²) >= 11 is 6.19. The third-order valence-electron chi connectivity index (χ3n) is 5.95. The number of nitrogens with one attached hydrogen (secondary N) is 1. The van der Waals surface area contributed by atoms with E-state index in [4.69, 9.17) is 22.1 Å². The maximum atomic E-state index is 13.6. The van der Waals surface area contributed by atoms with Crippen LogP contribution in [-0.2, 0) is 0 Å². The first-order valence-electron chi connectivity index (χ1n) is 11.0. The van der Waals surface area contributed by atoms with Gasteiger partial charge in [-0.05, 0) is 63.4 Å². The Balaban J connectivity index is 1.89. The number of rotatable bonds is 5. The Morgan fingerprint density at radius 2 is 1.94 bits per heavy atom. The lowest BCUT2D eigenvalue weighted by Crippen LogP contribution is -2.35. The van der Waals surface area contributed by atoms with Gasteiger partial charge in [0.2, 0.25) is 0 Å². The lowest BCUT2D eigenvalue weighted by molar-refractivity contribution is 0.250. The van der Waals surface area contributed by atoms with Gasteiger partial charge in [-0.1, -0.05) is 47.3 Å². The Kier molecular flexibility index (Phi) is 6.53. The van der Waals surface area contributed by atoms with Crippen LogP contribution in [0.25, 0.3) is 22.0 Å². The van der Waals surface area contributed by atoms with Crippen LogP contribution in [0.5, 0.6) is 5.75 Å². The van der Waals surface area contributed by atoms with Gasteiger partial charge in [0.25, 0.3) is 5.56 Å². The lowest BCUT2D eigenvalue weighted by atomic mass is 9.99. The summed E-state index contributed by atoms with van der Waals surface area (Å²) in [5.41, 5.74) is 8.51. The third kappa shape index (κ3) is 4.52. The van der Waals surface area contributed by atoms with Crippen LogP contribution in [0.1, 0.15) is 36.8 Å². The molecule has 4 rings (SSSR count). The molecule has 1 atom stereocenters. The van der Waals surface area contributed by atoms with Gasteiger partial charge in [-0.15, -0.1) is 0 Å². The molecule has 1 aromatic heterocycles. The van der Waals surface area contributed by atoms with Crippen molar-refractivity contribution in [1.82, 2.24) is 9.88 Å². The van der Waals surface area contributed by atoms with E-state index in [1.165, 1.54) is 12.8 Å². The van der Waals surface area contributed by atoms with Crippen LogP contribution in [0.3, 0.4) is 0 Å². The number of hydrogen-bond donors (Lipinski definition) is 2. The first-order valence-corrected chi connectivity index (χ1v) is 11.4. The fourth-order valence-electron chi connectivity index (χ4n) is 4.55. The number of nitrogens with zero attached hydrogens (tertiary/aromatic N) is 1. The summed E-state index contributed by atoms with van der Waals surface area (Å²) in [6.07, 6.45) is 4.36. The largest absolute Gasteiger partial charge is 0.492 e. The number of carbonyl (C=O) groups excluding carboxylic acids is 1. The fourth-order valence-corrected chi connectivity index (χ4v) is 4.72. The Morgan fingerprint density at radius 1 is 1.19 bits per heavy atom. The molecule has 7 heteroatoms. The third-order valence-corrected chi connectivity index (χ3v) is 6.18. The van der Waals surface area contributed by atoms with Gasteiger partial charge in [-0.25, -0.2) is 9.36 Å². The van der Waals surface area contributed by atoms with Crippen molar-refractivity contribution in [2.75, 3.05) is 13.2 Å². The van der Waals surface area contributed by atoms with Crippen LogP contribution in [0, 0.1) is 13.8 Å². The number of ether oxygens (including phenoxy) is 1. The number of hydrogen-bond acceptors (Lipinski definition) is 4. The first kappa shape index (κ1) is 22.4. The molecule has 0 saturated carbocycles. The van der Waals surface area contributed by atoms with Gasteiger partial charge in [-0.2, -0.15) is 0 Å². The van der Waals surface area contributed by atoms with Crippen LogP contribution in [0.2, 0.25) is 5.02 Å². The number of aromatic nitrogens is 1. The highest BCUT2D eigenvalue weighted by atomic mass is 35.5. The molecule has 168 valence electrons. The van der Waals surface area contributed by atoms with E-state index in [0.29, 0.717) is 45.5 Å². The molecule has 1 fully saturated rings. The standard InChI is InChI=1S/C25H28ClN3O3/c1-15-11-16(2)13-17(12-15)22-23(32-10-8-19-5-3-4-9-28-19)20-7-6-18(26)14-21(20)29(24(22)30)25(27)31/h6-7,11-14,19,28H,3-5,8-10H2,1-2H3,(H2,27,31)/t19-/m0/s1. The summed E-state index contributed by atoms with van der Waals surface area (Å²) in [6, 6.07) is 10.5. The molecule has 32 heavy (non-hydrogen) atoms. The summed E-state index contributed by atoms with van der Waals surface area (Å²) < 4.78 is 7.27. The summed E-state index contributed by atoms with van der Waals surface area (Å²) in [5.74, 6) is 0.458. The van der Waals surface area contributed by atoms with Crippen molar-refractivity contribution in [1.29, 1.82) is 0 Å². The molecular formula is C25H28ClN3O3. The SMILES string of the molecule is Cc1cc(C)cc(-c2c(OCC[C@@H]3CCCCN3)c3ccc(Cl)cc3n(C(N)=O)c2=O)c1. The fraction of sp³-hybridized carbons (Fsp3) is 0.360. The molecule has 1 aliphatic heterocycles. The molecule has 0 spiro atoms. The molecule has 0 radical (unpaired) electrons. The van der Waals surface area contributed by atoms with E-state index in [1.54, 1.807) is 18.2 Å². The van der Waals surface area contributed by atoms with Gasteiger partial charge in [0.05, 0.1) is 17.7 Å². The molecule has 0 bridgehead atoms. The zero-order valence-corrected chi connectivity index (χ0v) is 19.2. The van der Waals surface area contributed by atoms with Crippen molar-refractivity contribution in [3.63, 3.8) is 0 Å². The van der Waals surface area contributed by atoms with Crippen LogP contribution in [0.4, 0.5) is 4.79 Å². The van der Waals surface area contributed by atoms with E-state index < -0.39 is 11.6 Å². The maximum absolute atomic E-state index is 13.6. The van der Waals surface area contributed by atoms with Crippen molar-refractivity contribution in [2.24, 2.45) is 5.73 Å². The average Bonchev–Trinajstić information content (AvgIpc) is 2.73. The normalized spacial score (nSPS) is 16.3. The number of halogens is 1. The molecule has 0 aliphatic carbocycles. The molecule has 1 amide bonds. The minimum atomic E-state index is -0.856. The number of fused-ring (bicyclic) bond motifs is 1. The monoisotopic (exact) mass is 453 g/mol. The quantitative estimate of drug-likeness (QED) is 0.582. The van der Waals surface area contributed by atoms with E-state index in [1.807, 2.05) is 32.0 Å². The Bertz CT molecular complexity index is 1210. The topological polar surface area (TPSA) is 86.3 Å². The van der Waals surface area contributed by atoms with Crippen LogP contribution in [0.15, 0.2) is 41.2 Å². The molecule has 3 N–H and O–H groups in total. The molecule has 3 aromatic rings. The predicted molar refractivity (Wildman–Crippen MR) is 129 cm³/mol. The molecule has 1 aliphatic rings. The van der Waals surface area contributed by atoms with E-state index in [0.717, 1.165) is 35.1 Å². The van der Waals surface area contributed by atoms with Crippen LogP contribution >= 0.6 is 11.6 Å². The highest BCUT2D eigenvalue weighted by molar-refractivity contribution is 6.31. The number of piperidine rings is 1. The highest BCUT2D eigenvalue weighted by Crippen LogP contribution is 2.36. The predicted octanol–water partition coefficient (Wildman–Crippen LogP) is 4.78. The lowest BCUT2D eigenvalue weighted by Gasteiger charge is -2.24. The van der Waals surface area contributed by atoms with Gasteiger partial charge in [0.1, 0.15) is 5.75 Å². The second kappa shape index (κ2) is 9.35. The number of aryl methyl sites for hydroxylation is 2. The summed E-state index contributed by atoms with van der Waals surface area (Å²) in [4.78, 5) is 25.9. The summed E-state index contributed by atoms with van der Waals surface area (Å²) in [7, 11) is 0.